The SMILES string of the molecule is C=CCC(CN(CC)CC)OC(=O)C(c1ccccc1)c1ccccc1.Cl. The standard InChI is InChI=1S/C23H29NO2.ClH/c1-4-13-21(18-24(5-2)6-3)26-23(25)22(19-14-9-7-10-15-19)20-16-11-8-12-17-20;/h4,7-12,14-17,21-22H,1,5-6,13,18H2,2-3H3;1H. The van der Waals surface area contributed by atoms with E-state index in [-0.39, 0.29) is 24.5 Å². The summed E-state index contributed by atoms with van der Waals surface area (Å²) < 4.78 is 5.94. The van der Waals surface area contributed by atoms with E-state index in [2.05, 4.69) is 25.3 Å². The van der Waals surface area contributed by atoms with Crippen molar-refractivity contribution in [3.63, 3.8) is 0 Å². The van der Waals surface area contributed by atoms with Crippen LogP contribution in [0, 0.1) is 0 Å². The molecule has 0 aliphatic heterocycles. The lowest BCUT2D eigenvalue weighted by Gasteiger charge is -2.26. The monoisotopic (exact) mass is 387 g/mol. The van der Waals surface area contributed by atoms with E-state index < -0.39 is 5.92 Å². The number of benzene rings is 2. The maximum atomic E-state index is 13.1. The minimum atomic E-state index is -0.415. The Morgan fingerprint density at radius 2 is 1.48 bits per heavy atom. The summed E-state index contributed by atoms with van der Waals surface area (Å²) in [7, 11) is 0. The molecule has 0 bridgehead atoms. The molecule has 0 fully saturated rings. The molecule has 0 aromatic heterocycles. The number of likely N-dealkylation sites (N-methyl/N-ethyl adjacent to an activating group) is 1. The predicted octanol–water partition coefficient (Wildman–Crippen LogP) is 5.07. The number of carbonyl (C=O) groups excluding carboxylic acids is 1. The molecular weight excluding hydrogens is 358 g/mol. The van der Waals surface area contributed by atoms with E-state index in [0.29, 0.717) is 6.42 Å². The van der Waals surface area contributed by atoms with E-state index in [4.69, 9.17) is 4.74 Å². The molecule has 0 aliphatic carbocycles. The Morgan fingerprint density at radius 1 is 1.00 bits per heavy atom. The number of carbonyl (C=O) groups is 1. The van der Waals surface area contributed by atoms with Crippen LogP contribution in [0.5, 0.6) is 0 Å². The van der Waals surface area contributed by atoms with Crippen molar-refractivity contribution in [2.45, 2.75) is 32.3 Å². The minimum Gasteiger partial charge on any atom is -0.460 e. The first-order valence-electron chi connectivity index (χ1n) is 9.33. The third kappa shape index (κ3) is 6.85. The van der Waals surface area contributed by atoms with Gasteiger partial charge in [0.15, 0.2) is 0 Å². The Kier molecular flexibility index (Phi) is 10.5. The van der Waals surface area contributed by atoms with Gasteiger partial charge in [0.2, 0.25) is 0 Å². The van der Waals surface area contributed by atoms with Gasteiger partial charge >= 0.3 is 5.97 Å². The fourth-order valence-electron chi connectivity index (χ4n) is 3.10. The molecule has 4 heteroatoms. The smallest absolute Gasteiger partial charge is 0.318 e. The van der Waals surface area contributed by atoms with E-state index in [1.807, 2.05) is 66.7 Å². The van der Waals surface area contributed by atoms with Gasteiger partial charge in [-0.1, -0.05) is 80.6 Å². The van der Waals surface area contributed by atoms with Crippen LogP contribution in [0.2, 0.25) is 0 Å². The zero-order valence-corrected chi connectivity index (χ0v) is 17.0. The quantitative estimate of drug-likeness (QED) is 0.421. The third-order valence-corrected chi connectivity index (χ3v) is 4.57. The summed E-state index contributed by atoms with van der Waals surface area (Å²) in [6, 6.07) is 19.6. The highest BCUT2D eigenvalue weighted by Gasteiger charge is 2.27. The number of rotatable bonds is 10. The van der Waals surface area contributed by atoms with Crippen LogP contribution in [0.15, 0.2) is 73.3 Å². The van der Waals surface area contributed by atoms with Crippen molar-refractivity contribution in [1.29, 1.82) is 0 Å². The van der Waals surface area contributed by atoms with Crippen molar-refractivity contribution < 1.29 is 9.53 Å². The van der Waals surface area contributed by atoms with E-state index in [9.17, 15) is 4.79 Å². The molecule has 1 atom stereocenters. The summed E-state index contributed by atoms with van der Waals surface area (Å²) in [4.78, 5) is 15.4. The summed E-state index contributed by atoms with van der Waals surface area (Å²) >= 11 is 0. The highest BCUT2D eigenvalue weighted by Crippen LogP contribution is 2.26. The molecule has 146 valence electrons. The lowest BCUT2D eigenvalue weighted by Crippen LogP contribution is -2.36. The predicted molar refractivity (Wildman–Crippen MR) is 114 cm³/mol. The second-order valence-corrected chi connectivity index (χ2v) is 6.32. The number of ether oxygens (including phenoxy) is 1. The van der Waals surface area contributed by atoms with Crippen molar-refractivity contribution in [3.8, 4) is 0 Å². The molecule has 2 aromatic rings. The Bertz CT molecular complexity index is 632. The average Bonchev–Trinajstić information content (AvgIpc) is 2.68. The maximum absolute atomic E-state index is 13.1. The molecule has 0 amide bonds. The molecule has 2 rings (SSSR count). The molecule has 0 saturated carbocycles. The first kappa shape index (κ1) is 22.9. The molecule has 0 aliphatic rings. The van der Waals surface area contributed by atoms with Gasteiger partial charge in [-0.3, -0.25) is 4.79 Å². The maximum Gasteiger partial charge on any atom is 0.318 e. The molecule has 1 unspecified atom stereocenters. The second kappa shape index (κ2) is 12.3. The first-order chi connectivity index (χ1) is 12.7. The number of esters is 1. The normalized spacial score (nSPS) is 11.7. The van der Waals surface area contributed by atoms with Gasteiger partial charge in [-0.05, 0) is 24.2 Å². The fourth-order valence-corrected chi connectivity index (χ4v) is 3.10. The van der Waals surface area contributed by atoms with Gasteiger partial charge in [0, 0.05) is 13.0 Å². The lowest BCUT2D eigenvalue weighted by atomic mass is 9.91. The summed E-state index contributed by atoms with van der Waals surface area (Å²) in [6.07, 6.45) is 2.29. The Hall–Kier alpha value is -2.10. The molecule has 0 heterocycles. The van der Waals surface area contributed by atoms with Crippen LogP contribution < -0.4 is 0 Å². The number of hydrogen-bond donors (Lipinski definition) is 0. The summed E-state index contributed by atoms with van der Waals surface area (Å²) in [6.45, 7) is 10.6. The number of hydrogen-bond acceptors (Lipinski definition) is 3. The molecule has 3 nitrogen and oxygen atoms in total. The Balaban J connectivity index is 0.00000364. The van der Waals surface area contributed by atoms with Crippen LogP contribution in [0.3, 0.4) is 0 Å². The zero-order valence-electron chi connectivity index (χ0n) is 16.2. The van der Waals surface area contributed by atoms with Crippen LogP contribution in [0.1, 0.15) is 37.3 Å². The van der Waals surface area contributed by atoms with E-state index in [0.717, 1.165) is 30.8 Å². The third-order valence-electron chi connectivity index (χ3n) is 4.57. The number of halogens is 1. The average molecular weight is 388 g/mol. The van der Waals surface area contributed by atoms with Crippen LogP contribution in [-0.4, -0.2) is 36.6 Å². The largest absolute Gasteiger partial charge is 0.460 e. The molecule has 0 saturated heterocycles. The van der Waals surface area contributed by atoms with E-state index in [1.165, 1.54) is 0 Å². The van der Waals surface area contributed by atoms with Gasteiger partial charge in [0.05, 0.1) is 0 Å². The van der Waals surface area contributed by atoms with E-state index in [1.54, 1.807) is 0 Å². The van der Waals surface area contributed by atoms with Gasteiger partial charge in [-0.2, -0.15) is 0 Å². The van der Waals surface area contributed by atoms with Crippen LogP contribution in [0.25, 0.3) is 0 Å². The van der Waals surface area contributed by atoms with Gasteiger partial charge in [-0.15, -0.1) is 19.0 Å². The van der Waals surface area contributed by atoms with Crippen LogP contribution >= 0.6 is 12.4 Å². The zero-order chi connectivity index (χ0) is 18.8. The molecule has 2 aromatic carbocycles. The van der Waals surface area contributed by atoms with Crippen LogP contribution in [-0.2, 0) is 9.53 Å². The lowest BCUT2D eigenvalue weighted by molar-refractivity contribution is -0.150. The summed E-state index contributed by atoms with van der Waals surface area (Å²) in [5.41, 5.74) is 1.90. The second-order valence-electron chi connectivity index (χ2n) is 6.32. The molecule has 0 spiro atoms. The van der Waals surface area contributed by atoms with Gasteiger partial charge < -0.3 is 9.64 Å². The number of nitrogens with zero attached hydrogens (tertiary/aromatic N) is 1. The van der Waals surface area contributed by atoms with Crippen molar-refractivity contribution >= 4 is 18.4 Å². The minimum absolute atomic E-state index is 0. The van der Waals surface area contributed by atoms with Crippen molar-refractivity contribution in [2.24, 2.45) is 0 Å². The Morgan fingerprint density at radius 3 is 1.89 bits per heavy atom. The van der Waals surface area contributed by atoms with E-state index >= 15 is 0 Å². The highest BCUT2D eigenvalue weighted by molar-refractivity contribution is 5.85. The first-order valence-corrected chi connectivity index (χ1v) is 9.33. The van der Waals surface area contributed by atoms with Crippen molar-refractivity contribution in [2.75, 3.05) is 19.6 Å². The molecule has 0 radical (unpaired) electrons. The Labute approximate surface area is 169 Å². The highest BCUT2D eigenvalue weighted by atomic mass is 35.5. The van der Waals surface area contributed by atoms with Gasteiger partial charge in [0.25, 0.3) is 0 Å². The molecule has 27 heavy (non-hydrogen) atoms. The molecule has 0 N–H and O–H groups in total. The summed E-state index contributed by atoms with van der Waals surface area (Å²) in [5.74, 6) is -0.622. The van der Waals surface area contributed by atoms with Gasteiger partial charge in [-0.25, -0.2) is 0 Å². The fraction of sp³-hybridized carbons (Fsp3) is 0.348. The van der Waals surface area contributed by atoms with Gasteiger partial charge in [0.1, 0.15) is 12.0 Å². The van der Waals surface area contributed by atoms with Crippen molar-refractivity contribution in [3.05, 3.63) is 84.4 Å². The topological polar surface area (TPSA) is 29.5 Å². The van der Waals surface area contributed by atoms with Crippen molar-refractivity contribution in [1.82, 2.24) is 4.90 Å². The van der Waals surface area contributed by atoms with Crippen LogP contribution in [0.4, 0.5) is 0 Å². The summed E-state index contributed by atoms with van der Waals surface area (Å²) in [5, 5.41) is 0. The molecular formula is C23H30ClNO2.